The molecule has 1 aromatic carbocycles. The minimum absolute atomic E-state index is 0.246. The van der Waals surface area contributed by atoms with Crippen LogP contribution in [0.3, 0.4) is 0 Å². The number of hydrogen-bond donors (Lipinski definition) is 2. The van der Waals surface area contributed by atoms with Gasteiger partial charge in [-0.3, -0.25) is 0 Å². The molecule has 0 heterocycles. The quantitative estimate of drug-likeness (QED) is 0.612. The first-order valence-electron chi connectivity index (χ1n) is 6.49. The molecule has 0 saturated heterocycles. The third-order valence-corrected chi connectivity index (χ3v) is 4.81. The summed E-state index contributed by atoms with van der Waals surface area (Å²) in [6.07, 6.45) is 2.34. The number of sulfonamides is 1. The molecule has 1 aromatic rings. The highest BCUT2D eigenvalue weighted by molar-refractivity contribution is 7.89. The average Bonchev–Trinajstić information content (AvgIpc) is 3.29. The molecule has 0 unspecified atom stereocenters. The van der Waals surface area contributed by atoms with Crippen molar-refractivity contribution in [2.24, 2.45) is 10.7 Å². The Balaban J connectivity index is 2.02. The molecule has 20 heavy (non-hydrogen) atoms. The minimum Gasteiger partial charge on any atom is -0.370 e. The van der Waals surface area contributed by atoms with Crippen molar-refractivity contribution in [3.05, 3.63) is 29.8 Å². The predicted molar refractivity (Wildman–Crippen MR) is 78.8 cm³/mol. The molecule has 2 rings (SSSR count). The van der Waals surface area contributed by atoms with E-state index in [9.17, 15) is 8.42 Å². The van der Waals surface area contributed by atoms with Crippen LogP contribution in [0, 0.1) is 0 Å². The monoisotopic (exact) mass is 296 g/mol. The van der Waals surface area contributed by atoms with Gasteiger partial charge in [-0.1, -0.05) is 12.1 Å². The molecular formula is C13H20N4O2S. The van der Waals surface area contributed by atoms with Gasteiger partial charge in [-0.25, -0.2) is 18.1 Å². The molecule has 1 fully saturated rings. The van der Waals surface area contributed by atoms with Gasteiger partial charge >= 0.3 is 0 Å². The summed E-state index contributed by atoms with van der Waals surface area (Å²) in [6, 6.07) is 7.16. The number of aliphatic imine (C=N–C) groups is 1. The number of nitrogens with two attached hydrogens (primary N) is 1. The fourth-order valence-electron chi connectivity index (χ4n) is 1.82. The van der Waals surface area contributed by atoms with Gasteiger partial charge in [0.15, 0.2) is 5.96 Å². The Kier molecular flexibility index (Phi) is 4.29. The fraction of sp³-hybridized carbons (Fsp3) is 0.462. The lowest BCUT2D eigenvalue weighted by Gasteiger charge is -2.16. The van der Waals surface area contributed by atoms with Gasteiger partial charge in [-0.05, 0) is 37.6 Å². The molecule has 0 radical (unpaired) electrons. The lowest BCUT2D eigenvalue weighted by molar-refractivity contribution is 0.487. The minimum atomic E-state index is -3.38. The smallest absolute Gasteiger partial charge is 0.240 e. The Hall–Kier alpha value is -1.60. The van der Waals surface area contributed by atoms with Crippen molar-refractivity contribution in [1.29, 1.82) is 0 Å². The third kappa shape index (κ3) is 3.49. The van der Waals surface area contributed by atoms with Crippen molar-refractivity contribution in [2.45, 2.75) is 30.3 Å². The van der Waals surface area contributed by atoms with E-state index in [1.807, 2.05) is 11.9 Å². The van der Waals surface area contributed by atoms with Gasteiger partial charge in [0, 0.05) is 13.1 Å². The summed E-state index contributed by atoms with van der Waals surface area (Å²) in [5, 5.41) is 0. The van der Waals surface area contributed by atoms with Gasteiger partial charge in [0.1, 0.15) is 0 Å². The van der Waals surface area contributed by atoms with Crippen LogP contribution in [-0.4, -0.2) is 39.4 Å². The number of guanidine groups is 1. The van der Waals surface area contributed by atoms with Crippen LogP contribution >= 0.6 is 0 Å². The van der Waals surface area contributed by atoms with Gasteiger partial charge in [0.25, 0.3) is 0 Å². The molecule has 6 nitrogen and oxygen atoms in total. The topological polar surface area (TPSA) is 87.8 Å². The molecule has 0 amide bonds. The van der Waals surface area contributed by atoms with Crippen LogP contribution in [0.2, 0.25) is 0 Å². The van der Waals surface area contributed by atoms with E-state index in [-0.39, 0.29) is 4.90 Å². The maximum Gasteiger partial charge on any atom is 0.240 e. The summed E-state index contributed by atoms with van der Waals surface area (Å²) in [7, 11) is -0.0470. The first-order chi connectivity index (χ1) is 9.44. The highest BCUT2D eigenvalue weighted by Gasteiger charge is 2.27. The molecule has 0 spiro atoms. The number of rotatable bonds is 5. The van der Waals surface area contributed by atoms with E-state index < -0.39 is 10.0 Å². The Bertz CT molecular complexity index is 591. The summed E-state index contributed by atoms with van der Waals surface area (Å²) in [5.41, 5.74) is 6.82. The van der Waals surface area contributed by atoms with Crippen LogP contribution in [0.5, 0.6) is 0 Å². The molecule has 7 heteroatoms. The molecule has 0 aliphatic heterocycles. The van der Waals surface area contributed by atoms with Crippen LogP contribution in [-0.2, 0) is 16.6 Å². The van der Waals surface area contributed by atoms with Crippen LogP contribution in [0.4, 0.5) is 0 Å². The number of nitrogens with zero attached hydrogens (tertiary/aromatic N) is 2. The second kappa shape index (κ2) is 5.80. The number of benzene rings is 1. The predicted octanol–water partition coefficient (Wildman–Crippen LogP) is 0.504. The summed E-state index contributed by atoms with van der Waals surface area (Å²) in [5.74, 6) is 0.527. The fourth-order valence-corrected chi connectivity index (χ4v) is 2.55. The largest absolute Gasteiger partial charge is 0.370 e. The molecular weight excluding hydrogens is 276 g/mol. The molecule has 3 N–H and O–H groups in total. The van der Waals surface area contributed by atoms with Crippen molar-refractivity contribution in [2.75, 3.05) is 14.1 Å². The number of hydrogen-bond acceptors (Lipinski definition) is 3. The zero-order valence-corrected chi connectivity index (χ0v) is 12.5. The second-order valence-electron chi connectivity index (χ2n) is 4.87. The Morgan fingerprint density at radius 2 is 2.00 bits per heavy atom. The Morgan fingerprint density at radius 1 is 1.40 bits per heavy atom. The van der Waals surface area contributed by atoms with Gasteiger partial charge in [-0.15, -0.1) is 0 Å². The maximum atomic E-state index is 11.6. The molecule has 1 saturated carbocycles. The SMILES string of the molecule is CNS(=O)(=O)c1ccc(CN=C(N)N(C)C2CC2)cc1. The Labute approximate surface area is 119 Å². The second-order valence-corrected chi connectivity index (χ2v) is 6.75. The van der Waals surface area contributed by atoms with E-state index in [1.54, 1.807) is 24.3 Å². The summed E-state index contributed by atoms with van der Waals surface area (Å²) < 4.78 is 25.4. The van der Waals surface area contributed by atoms with E-state index in [2.05, 4.69) is 9.71 Å². The summed E-state index contributed by atoms with van der Waals surface area (Å²) in [6.45, 7) is 0.447. The van der Waals surface area contributed by atoms with E-state index in [4.69, 9.17) is 5.73 Å². The van der Waals surface area contributed by atoms with Crippen molar-refractivity contribution >= 4 is 16.0 Å². The maximum absolute atomic E-state index is 11.6. The highest BCUT2D eigenvalue weighted by Crippen LogP contribution is 2.24. The van der Waals surface area contributed by atoms with Crippen LogP contribution in [0.25, 0.3) is 0 Å². The van der Waals surface area contributed by atoms with Crippen molar-refractivity contribution in [1.82, 2.24) is 9.62 Å². The van der Waals surface area contributed by atoms with Gasteiger partial charge in [0.2, 0.25) is 10.0 Å². The van der Waals surface area contributed by atoms with Crippen LogP contribution < -0.4 is 10.5 Å². The standard InChI is InChI=1S/C13H20N4O2S/c1-15-20(18,19)12-7-3-10(4-8-12)9-16-13(14)17(2)11-5-6-11/h3-4,7-8,11,15H,5-6,9H2,1-2H3,(H2,14,16). The third-order valence-electron chi connectivity index (χ3n) is 3.38. The van der Waals surface area contributed by atoms with E-state index >= 15 is 0 Å². The Morgan fingerprint density at radius 3 is 2.50 bits per heavy atom. The molecule has 0 bridgehead atoms. The lowest BCUT2D eigenvalue weighted by Crippen LogP contribution is -2.35. The molecule has 110 valence electrons. The summed E-state index contributed by atoms with van der Waals surface area (Å²) >= 11 is 0. The van der Waals surface area contributed by atoms with Gasteiger partial charge < -0.3 is 10.6 Å². The zero-order chi connectivity index (χ0) is 14.8. The lowest BCUT2D eigenvalue weighted by atomic mass is 10.2. The molecule has 1 aliphatic carbocycles. The molecule has 0 atom stereocenters. The van der Waals surface area contributed by atoms with Crippen LogP contribution in [0.15, 0.2) is 34.2 Å². The van der Waals surface area contributed by atoms with Crippen molar-refractivity contribution < 1.29 is 8.42 Å². The van der Waals surface area contributed by atoms with E-state index in [0.717, 1.165) is 5.56 Å². The van der Waals surface area contributed by atoms with E-state index in [1.165, 1.54) is 19.9 Å². The molecule has 0 aromatic heterocycles. The first kappa shape index (κ1) is 14.8. The number of nitrogens with one attached hydrogen (secondary N) is 1. The molecule has 1 aliphatic rings. The van der Waals surface area contributed by atoms with E-state index in [0.29, 0.717) is 18.5 Å². The average molecular weight is 296 g/mol. The normalized spacial score (nSPS) is 16.2. The van der Waals surface area contributed by atoms with Gasteiger partial charge in [0.05, 0.1) is 11.4 Å². The van der Waals surface area contributed by atoms with Crippen molar-refractivity contribution in [3.63, 3.8) is 0 Å². The van der Waals surface area contributed by atoms with Crippen molar-refractivity contribution in [3.8, 4) is 0 Å². The van der Waals surface area contributed by atoms with Gasteiger partial charge in [-0.2, -0.15) is 0 Å². The first-order valence-corrected chi connectivity index (χ1v) is 7.97. The zero-order valence-electron chi connectivity index (χ0n) is 11.7. The summed E-state index contributed by atoms with van der Waals surface area (Å²) in [4.78, 5) is 6.55. The highest BCUT2D eigenvalue weighted by atomic mass is 32.2. The van der Waals surface area contributed by atoms with Crippen LogP contribution in [0.1, 0.15) is 18.4 Å².